The molecular formula is C18H12Cl2N2O3S. The highest BCUT2D eigenvalue weighted by Crippen LogP contribution is 2.29. The van der Waals surface area contributed by atoms with Crippen LogP contribution in [0.3, 0.4) is 0 Å². The molecule has 0 saturated carbocycles. The average Bonchev–Trinajstić information content (AvgIpc) is 3.04. The number of benzene rings is 2. The zero-order valence-corrected chi connectivity index (χ0v) is 15.6. The second kappa shape index (κ2) is 8.31. The molecule has 1 amide bonds. The Balaban J connectivity index is 1.54. The third-order valence-corrected chi connectivity index (χ3v) is 4.88. The van der Waals surface area contributed by atoms with Crippen LogP contribution in [-0.2, 0) is 14.3 Å². The van der Waals surface area contributed by atoms with Gasteiger partial charge in [-0.2, -0.15) is 0 Å². The normalized spacial score (nSPS) is 11.0. The summed E-state index contributed by atoms with van der Waals surface area (Å²) in [5.41, 5.74) is 1.14. The van der Waals surface area contributed by atoms with Gasteiger partial charge in [-0.3, -0.25) is 4.79 Å². The van der Waals surface area contributed by atoms with Gasteiger partial charge >= 0.3 is 5.97 Å². The van der Waals surface area contributed by atoms with E-state index in [-0.39, 0.29) is 5.69 Å². The minimum absolute atomic E-state index is 0.280. The number of para-hydroxylation sites is 2. The number of hydrogen-bond donors (Lipinski definition) is 1. The first-order valence-electron chi connectivity index (χ1n) is 7.47. The van der Waals surface area contributed by atoms with Crippen LogP contribution in [0, 0.1) is 0 Å². The van der Waals surface area contributed by atoms with E-state index in [1.807, 2.05) is 24.3 Å². The first-order chi connectivity index (χ1) is 12.5. The molecule has 1 N–H and O–H groups in total. The van der Waals surface area contributed by atoms with Gasteiger partial charge in [-0.05, 0) is 30.3 Å². The molecule has 3 aromatic rings. The molecule has 1 heterocycles. The van der Waals surface area contributed by atoms with E-state index in [2.05, 4.69) is 10.3 Å². The number of ether oxygens (including phenoxy) is 1. The monoisotopic (exact) mass is 406 g/mol. The Bertz CT molecular complexity index is 948. The minimum Gasteiger partial charge on any atom is -0.452 e. The Morgan fingerprint density at radius 2 is 1.85 bits per heavy atom. The summed E-state index contributed by atoms with van der Waals surface area (Å²) in [5.74, 6) is -1.19. The second-order valence-corrected chi connectivity index (χ2v) is 6.98. The molecule has 0 radical (unpaired) electrons. The molecule has 2 aromatic carbocycles. The molecule has 132 valence electrons. The predicted molar refractivity (Wildman–Crippen MR) is 105 cm³/mol. The standard InChI is InChI=1S/C18H12Cl2N2O3S/c19-11-4-3-5-12(20)18(11)22-15(23)10-25-17(24)9-8-16-21-13-6-1-2-7-14(13)26-16/h1-9H,10H2,(H,22,23)/b9-8+. The Morgan fingerprint density at radius 1 is 1.12 bits per heavy atom. The highest BCUT2D eigenvalue weighted by molar-refractivity contribution is 7.19. The third-order valence-electron chi connectivity index (χ3n) is 3.25. The Hall–Kier alpha value is -2.41. The summed E-state index contributed by atoms with van der Waals surface area (Å²) in [6.45, 7) is -0.454. The molecule has 0 atom stereocenters. The van der Waals surface area contributed by atoms with E-state index < -0.39 is 18.5 Å². The van der Waals surface area contributed by atoms with E-state index in [0.717, 1.165) is 10.2 Å². The summed E-state index contributed by atoms with van der Waals surface area (Å²) in [6.07, 6.45) is 2.78. The summed E-state index contributed by atoms with van der Waals surface area (Å²) in [5, 5.41) is 3.79. The van der Waals surface area contributed by atoms with Gasteiger partial charge in [0.2, 0.25) is 0 Å². The zero-order chi connectivity index (χ0) is 18.5. The van der Waals surface area contributed by atoms with Crippen LogP contribution in [0.5, 0.6) is 0 Å². The summed E-state index contributed by atoms with van der Waals surface area (Å²) < 4.78 is 5.93. The van der Waals surface area contributed by atoms with Gasteiger partial charge in [-0.15, -0.1) is 11.3 Å². The SMILES string of the molecule is O=C(COC(=O)/C=C/c1nc2ccccc2s1)Nc1c(Cl)cccc1Cl. The van der Waals surface area contributed by atoms with Gasteiger partial charge in [-0.25, -0.2) is 9.78 Å². The number of amides is 1. The van der Waals surface area contributed by atoms with Gasteiger partial charge in [0.1, 0.15) is 5.01 Å². The lowest BCUT2D eigenvalue weighted by Gasteiger charge is -2.08. The summed E-state index contributed by atoms with van der Waals surface area (Å²) >= 11 is 13.4. The molecule has 26 heavy (non-hydrogen) atoms. The highest BCUT2D eigenvalue weighted by atomic mass is 35.5. The number of nitrogens with one attached hydrogen (secondary N) is 1. The third kappa shape index (κ3) is 4.60. The molecule has 3 rings (SSSR count). The smallest absolute Gasteiger partial charge is 0.331 e. The maximum absolute atomic E-state index is 11.9. The molecule has 0 aliphatic heterocycles. The van der Waals surface area contributed by atoms with Crippen LogP contribution >= 0.6 is 34.5 Å². The molecule has 0 aliphatic rings. The fourth-order valence-corrected chi connectivity index (χ4v) is 3.44. The lowest BCUT2D eigenvalue weighted by Crippen LogP contribution is -2.20. The van der Waals surface area contributed by atoms with Gasteiger partial charge < -0.3 is 10.1 Å². The molecule has 5 nitrogen and oxygen atoms in total. The maximum Gasteiger partial charge on any atom is 0.331 e. The Morgan fingerprint density at radius 3 is 2.58 bits per heavy atom. The van der Waals surface area contributed by atoms with E-state index in [1.54, 1.807) is 24.3 Å². The fourth-order valence-electron chi connectivity index (χ4n) is 2.08. The predicted octanol–water partition coefficient (Wildman–Crippen LogP) is 4.80. The number of nitrogens with zero attached hydrogens (tertiary/aromatic N) is 1. The van der Waals surface area contributed by atoms with E-state index in [9.17, 15) is 9.59 Å². The van der Waals surface area contributed by atoms with Crippen molar-refractivity contribution in [1.29, 1.82) is 0 Å². The number of rotatable bonds is 5. The lowest BCUT2D eigenvalue weighted by atomic mass is 10.3. The zero-order valence-electron chi connectivity index (χ0n) is 13.2. The minimum atomic E-state index is -0.648. The van der Waals surface area contributed by atoms with Crippen LogP contribution in [0.4, 0.5) is 5.69 Å². The van der Waals surface area contributed by atoms with Crippen molar-refractivity contribution in [3.63, 3.8) is 0 Å². The molecule has 0 bridgehead atoms. The largest absolute Gasteiger partial charge is 0.452 e. The van der Waals surface area contributed by atoms with Crippen LogP contribution in [-0.4, -0.2) is 23.5 Å². The Kier molecular flexibility index (Phi) is 5.88. The molecule has 0 saturated heterocycles. The van der Waals surface area contributed by atoms with Crippen LogP contribution < -0.4 is 5.32 Å². The van der Waals surface area contributed by atoms with Crippen molar-refractivity contribution in [3.05, 3.63) is 63.6 Å². The molecule has 0 fully saturated rings. The highest BCUT2D eigenvalue weighted by Gasteiger charge is 2.11. The van der Waals surface area contributed by atoms with E-state index in [4.69, 9.17) is 27.9 Å². The second-order valence-electron chi connectivity index (χ2n) is 5.11. The van der Waals surface area contributed by atoms with Crippen molar-refractivity contribution in [1.82, 2.24) is 4.98 Å². The van der Waals surface area contributed by atoms with Crippen LogP contribution in [0.25, 0.3) is 16.3 Å². The summed E-state index contributed by atoms with van der Waals surface area (Å²) in [6, 6.07) is 12.5. The van der Waals surface area contributed by atoms with Crippen molar-refractivity contribution < 1.29 is 14.3 Å². The van der Waals surface area contributed by atoms with Gasteiger partial charge in [0.25, 0.3) is 5.91 Å². The van der Waals surface area contributed by atoms with Crippen molar-refractivity contribution in [2.75, 3.05) is 11.9 Å². The van der Waals surface area contributed by atoms with Crippen molar-refractivity contribution >= 4 is 68.4 Å². The first kappa shape index (κ1) is 18.4. The number of aromatic nitrogens is 1. The summed E-state index contributed by atoms with van der Waals surface area (Å²) in [7, 11) is 0. The number of carbonyl (C=O) groups is 2. The van der Waals surface area contributed by atoms with Crippen LogP contribution in [0.15, 0.2) is 48.5 Å². The van der Waals surface area contributed by atoms with Crippen molar-refractivity contribution in [3.8, 4) is 0 Å². The molecule has 0 aliphatic carbocycles. The molecule has 0 unspecified atom stereocenters. The number of anilines is 1. The number of fused-ring (bicyclic) bond motifs is 1. The number of hydrogen-bond acceptors (Lipinski definition) is 5. The molecule has 1 aromatic heterocycles. The lowest BCUT2D eigenvalue weighted by molar-refractivity contribution is -0.142. The van der Waals surface area contributed by atoms with Gasteiger partial charge in [0.05, 0.1) is 25.9 Å². The topological polar surface area (TPSA) is 68.3 Å². The van der Waals surface area contributed by atoms with Gasteiger partial charge in [0, 0.05) is 6.08 Å². The quantitative estimate of drug-likeness (QED) is 0.488. The van der Waals surface area contributed by atoms with Crippen molar-refractivity contribution in [2.45, 2.75) is 0 Å². The number of halogens is 2. The molecule has 8 heteroatoms. The van der Waals surface area contributed by atoms with E-state index in [0.29, 0.717) is 15.1 Å². The van der Waals surface area contributed by atoms with Crippen molar-refractivity contribution in [2.24, 2.45) is 0 Å². The van der Waals surface area contributed by atoms with Gasteiger partial charge in [0.15, 0.2) is 6.61 Å². The molecule has 0 spiro atoms. The van der Waals surface area contributed by atoms with E-state index >= 15 is 0 Å². The number of thiazole rings is 1. The van der Waals surface area contributed by atoms with Crippen LogP contribution in [0.1, 0.15) is 5.01 Å². The summed E-state index contributed by atoms with van der Waals surface area (Å²) in [4.78, 5) is 28.0. The first-order valence-corrected chi connectivity index (χ1v) is 9.04. The maximum atomic E-state index is 11.9. The van der Waals surface area contributed by atoms with Gasteiger partial charge in [-0.1, -0.05) is 41.4 Å². The average molecular weight is 407 g/mol. The number of esters is 1. The Labute approximate surface area is 163 Å². The fraction of sp³-hybridized carbons (Fsp3) is 0.0556. The van der Waals surface area contributed by atoms with Crippen LogP contribution in [0.2, 0.25) is 10.0 Å². The number of carbonyl (C=O) groups excluding carboxylic acids is 2. The van der Waals surface area contributed by atoms with E-state index in [1.165, 1.54) is 17.4 Å². The molecular weight excluding hydrogens is 395 g/mol.